The zero-order valence-corrected chi connectivity index (χ0v) is 14.7. The summed E-state index contributed by atoms with van der Waals surface area (Å²) in [4.78, 5) is 5.99. The molecule has 0 bridgehead atoms. The van der Waals surface area contributed by atoms with E-state index in [1.54, 1.807) is 12.1 Å². The second-order valence-corrected chi connectivity index (χ2v) is 8.09. The van der Waals surface area contributed by atoms with Crippen LogP contribution < -0.4 is 14.9 Å². The van der Waals surface area contributed by atoms with Crippen molar-refractivity contribution >= 4 is 44.0 Å². The number of benzene rings is 1. The molecule has 2 N–H and O–H groups in total. The van der Waals surface area contributed by atoms with Crippen LogP contribution in [0.5, 0.6) is 0 Å². The van der Waals surface area contributed by atoms with Crippen molar-refractivity contribution in [3.63, 3.8) is 0 Å². The maximum atomic E-state index is 12.3. The van der Waals surface area contributed by atoms with Crippen LogP contribution in [0.2, 0.25) is 5.02 Å². The molecule has 1 aliphatic rings. The van der Waals surface area contributed by atoms with Gasteiger partial charge < -0.3 is 10.2 Å². The topological polar surface area (TPSA) is 87.2 Å². The molecule has 7 nitrogen and oxygen atoms in total. The summed E-state index contributed by atoms with van der Waals surface area (Å²) in [6.07, 6.45) is 2.33. The minimum atomic E-state index is -3.72. The quantitative estimate of drug-likeness (QED) is 0.830. The molecule has 0 radical (unpaired) electrons. The minimum absolute atomic E-state index is 0.0967. The van der Waals surface area contributed by atoms with Gasteiger partial charge in [-0.15, -0.1) is 0 Å². The second-order valence-electron chi connectivity index (χ2n) is 5.22. The summed E-state index contributed by atoms with van der Waals surface area (Å²) < 4.78 is 30.8. The van der Waals surface area contributed by atoms with E-state index in [0.717, 1.165) is 36.7 Å². The Morgan fingerprint density at radius 2 is 2.30 bits per heavy atom. The first-order chi connectivity index (χ1) is 11.0. The number of halogens is 1. The molecule has 0 spiro atoms. The predicted octanol–water partition coefficient (Wildman–Crippen LogP) is 1.79. The van der Waals surface area contributed by atoms with Gasteiger partial charge in [0.25, 0.3) is 10.0 Å². The lowest BCUT2D eigenvalue weighted by Crippen LogP contribution is -2.33. The van der Waals surface area contributed by atoms with E-state index < -0.39 is 10.0 Å². The monoisotopic (exact) mass is 373 g/mol. The molecule has 1 unspecified atom stereocenters. The zero-order valence-electron chi connectivity index (χ0n) is 12.4. The third kappa shape index (κ3) is 3.57. The van der Waals surface area contributed by atoms with Crippen LogP contribution in [0.4, 0.5) is 10.8 Å². The average Bonchev–Trinajstić information content (AvgIpc) is 3.19. The molecule has 3 rings (SSSR count). The molecule has 2 heterocycles. The Labute approximate surface area is 143 Å². The van der Waals surface area contributed by atoms with Crippen LogP contribution in [-0.2, 0) is 10.0 Å². The van der Waals surface area contributed by atoms with Gasteiger partial charge in [0, 0.05) is 31.2 Å². The van der Waals surface area contributed by atoms with Crippen LogP contribution in [0.3, 0.4) is 0 Å². The molecule has 0 amide bonds. The summed E-state index contributed by atoms with van der Waals surface area (Å²) in [7, 11) is -1.76. The Balaban J connectivity index is 1.83. The van der Waals surface area contributed by atoms with Crippen molar-refractivity contribution in [2.24, 2.45) is 0 Å². The standard InChI is InChI=1S/C13H16ClN5O2S2/c1-19(9-4-5-15-7-9)12-3-2-10(6-11(12)14)23(20,21)18-13-16-8-17-22-13/h2-3,6,8-9,15H,4-5,7H2,1H3,(H,16,17,18). The van der Waals surface area contributed by atoms with Crippen LogP contribution >= 0.6 is 23.1 Å². The van der Waals surface area contributed by atoms with Crippen molar-refractivity contribution in [1.82, 2.24) is 14.7 Å². The molecule has 10 heteroatoms. The maximum absolute atomic E-state index is 12.3. The molecular weight excluding hydrogens is 358 g/mol. The molecule has 0 aliphatic carbocycles. The third-order valence-electron chi connectivity index (χ3n) is 3.77. The molecule has 1 atom stereocenters. The van der Waals surface area contributed by atoms with E-state index in [2.05, 4.69) is 24.3 Å². The number of sulfonamides is 1. The van der Waals surface area contributed by atoms with Gasteiger partial charge in [-0.3, -0.25) is 4.72 Å². The van der Waals surface area contributed by atoms with Crippen molar-refractivity contribution in [3.8, 4) is 0 Å². The number of aromatic nitrogens is 2. The van der Waals surface area contributed by atoms with Crippen molar-refractivity contribution in [1.29, 1.82) is 0 Å². The Bertz CT molecular complexity index is 776. The first kappa shape index (κ1) is 16.4. The summed E-state index contributed by atoms with van der Waals surface area (Å²) in [5.74, 6) is 0. The number of nitrogens with one attached hydrogen (secondary N) is 2. The van der Waals surface area contributed by atoms with E-state index in [0.29, 0.717) is 11.1 Å². The highest BCUT2D eigenvalue weighted by atomic mass is 35.5. The largest absolute Gasteiger partial charge is 0.369 e. The maximum Gasteiger partial charge on any atom is 0.263 e. The van der Waals surface area contributed by atoms with E-state index in [4.69, 9.17) is 11.6 Å². The van der Waals surface area contributed by atoms with Gasteiger partial charge in [-0.2, -0.15) is 4.37 Å². The molecule has 1 saturated heterocycles. The number of hydrogen-bond acceptors (Lipinski definition) is 7. The van der Waals surface area contributed by atoms with Gasteiger partial charge >= 0.3 is 0 Å². The molecule has 1 fully saturated rings. The number of rotatable bonds is 5. The van der Waals surface area contributed by atoms with Gasteiger partial charge in [0.1, 0.15) is 6.33 Å². The highest BCUT2D eigenvalue weighted by molar-refractivity contribution is 7.93. The lowest BCUT2D eigenvalue weighted by molar-refractivity contribution is 0.601. The third-order valence-corrected chi connectivity index (χ3v) is 6.12. The van der Waals surface area contributed by atoms with E-state index in [1.807, 2.05) is 7.05 Å². The van der Waals surface area contributed by atoms with E-state index in [1.165, 1.54) is 12.4 Å². The molecule has 1 aliphatic heterocycles. The fourth-order valence-electron chi connectivity index (χ4n) is 2.50. The van der Waals surface area contributed by atoms with Gasteiger partial charge in [0.15, 0.2) is 0 Å². The molecular formula is C13H16ClN5O2S2. The Hall–Kier alpha value is -1.42. The highest BCUT2D eigenvalue weighted by Crippen LogP contribution is 2.30. The fourth-order valence-corrected chi connectivity index (χ4v) is 4.57. The molecule has 2 aromatic rings. The fraction of sp³-hybridized carbons (Fsp3) is 0.385. The van der Waals surface area contributed by atoms with Crippen LogP contribution in [-0.4, -0.2) is 44.0 Å². The molecule has 23 heavy (non-hydrogen) atoms. The molecule has 1 aromatic carbocycles. The number of nitrogens with zero attached hydrogens (tertiary/aromatic N) is 3. The predicted molar refractivity (Wildman–Crippen MR) is 91.8 cm³/mol. The summed E-state index contributed by atoms with van der Waals surface area (Å²) in [6, 6.07) is 5.09. The molecule has 1 aromatic heterocycles. The van der Waals surface area contributed by atoms with E-state index in [-0.39, 0.29) is 10.0 Å². The smallest absolute Gasteiger partial charge is 0.263 e. The zero-order chi connectivity index (χ0) is 16.4. The summed E-state index contributed by atoms with van der Waals surface area (Å²) in [5, 5.41) is 3.92. The first-order valence-electron chi connectivity index (χ1n) is 7.00. The lowest BCUT2D eigenvalue weighted by atomic mass is 10.2. The summed E-state index contributed by atoms with van der Waals surface area (Å²) >= 11 is 7.28. The number of hydrogen-bond donors (Lipinski definition) is 2. The number of anilines is 2. The normalized spacial score (nSPS) is 18.1. The lowest BCUT2D eigenvalue weighted by Gasteiger charge is -2.27. The summed E-state index contributed by atoms with van der Waals surface area (Å²) in [5.41, 5.74) is 0.815. The Kier molecular flexibility index (Phi) is 4.72. The van der Waals surface area contributed by atoms with Crippen molar-refractivity contribution in [3.05, 3.63) is 29.5 Å². The Morgan fingerprint density at radius 1 is 1.48 bits per heavy atom. The van der Waals surface area contributed by atoms with Crippen LogP contribution in [0, 0.1) is 0 Å². The molecule has 124 valence electrons. The second kappa shape index (κ2) is 6.60. The van der Waals surface area contributed by atoms with Gasteiger partial charge in [-0.1, -0.05) is 11.6 Å². The van der Waals surface area contributed by atoms with Crippen LogP contribution in [0.1, 0.15) is 6.42 Å². The minimum Gasteiger partial charge on any atom is -0.369 e. The Morgan fingerprint density at radius 3 is 2.91 bits per heavy atom. The van der Waals surface area contributed by atoms with Gasteiger partial charge in [-0.25, -0.2) is 13.4 Å². The number of likely N-dealkylation sites (N-methyl/N-ethyl adjacent to an activating group) is 1. The average molecular weight is 374 g/mol. The molecule has 0 saturated carbocycles. The van der Waals surface area contributed by atoms with Crippen molar-refractivity contribution < 1.29 is 8.42 Å². The van der Waals surface area contributed by atoms with E-state index in [9.17, 15) is 8.42 Å². The van der Waals surface area contributed by atoms with Gasteiger partial charge in [0.2, 0.25) is 5.13 Å². The van der Waals surface area contributed by atoms with Gasteiger partial charge in [0.05, 0.1) is 15.6 Å². The highest BCUT2D eigenvalue weighted by Gasteiger charge is 2.23. The summed E-state index contributed by atoms with van der Waals surface area (Å²) in [6.45, 7) is 1.87. The SMILES string of the molecule is CN(c1ccc(S(=O)(=O)Nc2ncns2)cc1Cl)C1CCNC1. The van der Waals surface area contributed by atoms with Crippen LogP contribution in [0.15, 0.2) is 29.4 Å². The van der Waals surface area contributed by atoms with E-state index >= 15 is 0 Å². The van der Waals surface area contributed by atoms with Crippen molar-refractivity contribution in [2.75, 3.05) is 29.8 Å². The first-order valence-corrected chi connectivity index (χ1v) is 9.63. The van der Waals surface area contributed by atoms with Crippen molar-refractivity contribution in [2.45, 2.75) is 17.4 Å². The van der Waals surface area contributed by atoms with Gasteiger partial charge in [-0.05, 0) is 31.2 Å². The van der Waals surface area contributed by atoms with Crippen LogP contribution in [0.25, 0.3) is 0 Å².